The molecule has 7 nitrogen and oxygen atoms in total. The number of primary amides is 1. The number of nitrogens with zero attached hydrogens (tertiary/aromatic N) is 3. The van der Waals surface area contributed by atoms with E-state index in [0.29, 0.717) is 35.6 Å². The van der Waals surface area contributed by atoms with Crippen LogP contribution in [0.5, 0.6) is 0 Å². The molecule has 0 saturated heterocycles. The molecule has 142 valence electrons. The van der Waals surface area contributed by atoms with Crippen molar-refractivity contribution in [3.05, 3.63) is 41.3 Å². The van der Waals surface area contributed by atoms with Gasteiger partial charge in [-0.2, -0.15) is 5.10 Å². The molecule has 0 spiro atoms. The van der Waals surface area contributed by atoms with Gasteiger partial charge < -0.3 is 16.0 Å². The highest BCUT2D eigenvalue weighted by Crippen LogP contribution is 2.29. The average molecular weight is 371 g/mol. The molecule has 1 aliphatic carbocycles. The van der Waals surface area contributed by atoms with Crippen molar-refractivity contribution in [1.82, 2.24) is 20.0 Å². The van der Waals surface area contributed by atoms with Crippen molar-refractivity contribution in [2.75, 3.05) is 6.54 Å². The molecule has 0 atom stereocenters. The summed E-state index contributed by atoms with van der Waals surface area (Å²) >= 11 is 0. The molecule has 27 heavy (non-hydrogen) atoms. The molecule has 1 aliphatic heterocycles. The number of hydrogen-bond acceptors (Lipinski definition) is 3. The Hall–Kier alpha value is -2.90. The van der Waals surface area contributed by atoms with Crippen molar-refractivity contribution < 1.29 is 14.0 Å². The second-order valence-corrected chi connectivity index (χ2v) is 7.12. The SMILES string of the molecule is NC(=O)N1CCn2nc(-c3cccc(F)c3)c(C(=O)NC3CCCC3)c2C1. The fourth-order valence-electron chi connectivity index (χ4n) is 3.91. The summed E-state index contributed by atoms with van der Waals surface area (Å²) in [6.45, 7) is 1.08. The van der Waals surface area contributed by atoms with E-state index in [0.717, 1.165) is 25.7 Å². The number of benzene rings is 1. The lowest BCUT2D eigenvalue weighted by Gasteiger charge is -2.26. The summed E-state index contributed by atoms with van der Waals surface area (Å²) in [6, 6.07) is 5.66. The van der Waals surface area contributed by atoms with Gasteiger partial charge in [-0.05, 0) is 25.0 Å². The zero-order chi connectivity index (χ0) is 19.0. The fraction of sp³-hybridized carbons (Fsp3) is 0.421. The zero-order valence-electron chi connectivity index (χ0n) is 14.9. The van der Waals surface area contributed by atoms with Gasteiger partial charge in [0, 0.05) is 18.2 Å². The lowest BCUT2D eigenvalue weighted by Crippen LogP contribution is -2.42. The number of nitrogens with one attached hydrogen (secondary N) is 1. The van der Waals surface area contributed by atoms with E-state index in [1.54, 1.807) is 16.8 Å². The van der Waals surface area contributed by atoms with Crippen molar-refractivity contribution in [1.29, 1.82) is 0 Å². The van der Waals surface area contributed by atoms with E-state index in [1.165, 1.54) is 17.0 Å². The number of rotatable bonds is 3. The lowest BCUT2D eigenvalue weighted by molar-refractivity contribution is 0.0935. The summed E-state index contributed by atoms with van der Waals surface area (Å²) in [4.78, 5) is 26.2. The Kier molecular flexibility index (Phi) is 4.55. The molecule has 1 aromatic heterocycles. The van der Waals surface area contributed by atoms with Crippen LogP contribution in [0.15, 0.2) is 24.3 Å². The van der Waals surface area contributed by atoms with Crippen molar-refractivity contribution >= 4 is 11.9 Å². The Bertz CT molecular complexity index is 888. The van der Waals surface area contributed by atoms with Crippen molar-refractivity contribution in [2.24, 2.45) is 5.73 Å². The molecule has 1 aromatic carbocycles. The minimum Gasteiger partial charge on any atom is -0.351 e. The minimum absolute atomic E-state index is 0.143. The van der Waals surface area contributed by atoms with Gasteiger partial charge in [-0.1, -0.05) is 25.0 Å². The second-order valence-electron chi connectivity index (χ2n) is 7.12. The summed E-state index contributed by atoms with van der Waals surface area (Å²) in [5.74, 6) is -0.617. The third-order valence-corrected chi connectivity index (χ3v) is 5.31. The molecule has 0 unspecified atom stereocenters. The van der Waals surface area contributed by atoms with Crippen LogP contribution in [0.2, 0.25) is 0 Å². The van der Waals surface area contributed by atoms with Crippen molar-refractivity contribution in [3.63, 3.8) is 0 Å². The maximum atomic E-state index is 13.8. The highest BCUT2D eigenvalue weighted by molar-refractivity contribution is 6.01. The van der Waals surface area contributed by atoms with Gasteiger partial charge in [0.1, 0.15) is 11.5 Å². The first kappa shape index (κ1) is 17.5. The summed E-state index contributed by atoms with van der Waals surface area (Å²) in [5, 5.41) is 7.64. The molecule has 3 amide bonds. The first-order valence-electron chi connectivity index (χ1n) is 9.24. The van der Waals surface area contributed by atoms with Gasteiger partial charge >= 0.3 is 6.03 Å². The zero-order valence-corrected chi connectivity index (χ0v) is 14.9. The number of carbonyl (C=O) groups excluding carboxylic acids is 2. The molecule has 8 heteroatoms. The average Bonchev–Trinajstić information content (AvgIpc) is 3.28. The quantitative estimate of drug-likeness (QED) is 0.867. The number of fused-ring (bicyclic) bond motifs is 1. The summed E-state index contributed by atoms with van der Waals surface area (Å²) in [6.07, 6.45) is 4.11. The van der Waals surface area contributed by atoms with E-state index in [9.17, 15) is 14.0 Å². The number of hydrogen-bond donors (Lipinski definition) is 2. The third-order valence-electron chi connectivity index (χ3n) is 5.31. The number of aromatic nitrogens is 2. The molecule has 2 heterocycles. The Morgan fingerprint density at radius 2 is 2.00 bits per heavy atom. The van der Waals surface area contributed by atoms with Crippen LogP contribution in [0.3, 0.4) is 0 Å². The van der Waals surface area contributed by atoms with Gasteiger partial charge in [0.25, 0.3) is 5.91 Å². The molecule has 0 bridgehead atoms. The van der Waals surface area contributed by atoms with E-state index >= 15 is 0 Å². The summed E-state index contributed by atoms with van der Waals surface area (Å²) in [7, 11) is 0. The van der Waals surface area contributed by atoms with E-state index in [-0.39, 0.29) is 24.3 Å². The lowest BCUT2D eigenvalue weighted by atomic mass is 10.0. The van der Waals surface area contributed by atoms with Crippen molar-refractivity contribution in [3.8, 4) is 11.3 Å². The topological polar surface area (TPSA) is 93.2 Å². The fourth-order valence-corrected chi connectivity index (χ4v) is 3.91. The molecule has 4 rings (SSSR count). The number of amides is 3. The number of carbonyl (C=O) groups is 2. The Balaban J connectivity index is 1.76. The van der Waals surface area contributed by atoms with Gasteiger partial charge in [-0.25, -0.2) is 9.18 Å². The number of halogens is 1. The molecule has 1 saturated carbocycles. The largest absolute Gasteiger partial charge is 0.351 e. The predicted molar refractivity (Wildman–Crippen MR) is 97.3 cm³/mol. The maximum Gasteiger partial charge on any atom is 0.315 e. The van der Waals surface area contributed by atoms with Crippen molar-refractivity contribution in [2.45, 2.75) is 44.8 Å². The molecule has 1 fully saturated rings. The second kappa shape index (κ2) is 7.02. The summed E-state index contributed by atoms with van der Waals surface area (Å²) in [5.41, 5.74) is 7.44. The van der Waals surface area contributed by atoms with E-state index in [2.05, 4.69) is 10.4 Å². The van der Waals surface area contributed by atoms with Crippen LogP contribution < -0.4 is 11.1 Å². The van der Waals surface area contributed by atoms with Crippen LogP contribution in [0.1, 0.15) is 41.7 Å². The number of nitrogens with two attached hydrogens (primary N) is 1. The Morgan fingerprint density at radius 1 is 1.22 bits per heavy atom. The molecule has 0 radical (unpaired) electrons. The molecule has 3 N–H and O–H groups in total. The van der Waals surface area contributed by atoms with Gasteiger partial charge in [-0.3, -0.25) is 9.48 Å². The molecule has 2 aliphatic rings. The third kappa shape index (κ3) is 3.39. The van der Waals surface area contributed by atoms with Crippen LogP contribution in [0.4, 0.5) is 9.18 Å². The van der Waals surface area contributed by atoms with Gasteiger partial charge in [0.15, 0.2) is 0 Å². The van der Waals surface area contributed by atoms with Crippen LogP contribution in [-0.4, -0.2) is 39.2 Å². The monoisotopic (exact) mass is 371 g/mol. The van der Waals surface area contributed by atoms with Crippen LogP contribution >= 0.6 is 0 Å². The van der Waals surface area contributed by atoms with Crippen LogP contribution in [0.25, 0.3) is 11.3 Å². The predicted octanol–water partition coefficient (Wildman–Crippen LogP) is 2.26. The normalized spacial score (nSPS) is 17.0. The van der Waals surface area contributed by atoms with E-state index in [1.807, 2.05) is 0 Å². The smallest absolute Gasteiger partial charge is 0.315 e. The Morgan fingerprint density at radius 3 is 2.70 bits per heavy atom. The van der Waals surface area contributed by atoms with Crippen LogP contribution in [-0.2, 0) is 13.1 Å². The first-order valence-corrected chi connectivity index (χ1v) is 9.24. The standard InChI is InChI=1S/C19H22FN5O2/c20-13-5-3-4-12(10-13)17-16(18(26)22-14-6-1-2-7-14)15-11-24(19(21)27)8-9-25(15)23-17/h3-5,10,14H,1-2,6-9,11H2,(H2,21,27)(H,22,26). The molecular weight excluding hydrogens is 349 g/mol. The highest BCUT2D eigenvalue weighted by Gasteiger charge is 2.31. The summed E-state index contributed by atoms with van der Waals surface area (Å²) < 4.78 is 15.5. The minimum atomic E-state index is -0.531. The molecular formula is C19H22FN5O2. The van der Waals surface area contributed by atoms with Gasteiger partial charge in [0.05, 0.1) is 24.3 Å². The van der Waals surface area contributed by atoms with Crippen LogP contribution in [0, 0.1) is 5.82 Å². The van der Waals surface area contributed by atoms with Gasteiger partial charge in [0.2, 0.25) is 0 Å². The van der Waals surface area contributed by atoms with E-state index in [4.69, 9.17) is 5.73 Å². The first-order chi connectivity index (χ1) is 13.0. The van der Waals surface area contributed by atoms with Gasteiger partial charge in [-0.15, -0.1) is 0 Å². The Labute approximate surface area is 156 Å². The number of urea groups is 1. The maximum absolute atomic E-state index is 13.8. The molecule has 2 aromatic rings. The van der Waals surface area contributed by atoms with E-state index < -0.39 is 6.03 Å². The highest BCUT2D eigenvalue weighted by atomic mass is 19.1.